The Balaban J connectivity index is 1.61. The first kappa shape index (κ1) is 14.9. The molecule has 0 saturated carbocycles. The molecule has 0 spiro atoms. The van der Waals surface area contributed by atoms with Crippen LogP contribution in [0.5, 0.6) is 0 Å². The van der Waals surface area contributed by atoms with Gasteiger partial charge < -0.3 is 10.2 Å². The molecule has 6 heteroatoms. The minimum Gasteiger partial charge on any atom is -0.351 e. The molecule has 1 aromatic carbocycles. The monoisotopic (exact) mass is 324 g/mol. The van der Waals surface area contributed by atoms with Crippen LogP contribution in [0.2, 0.25) is 0 Å². The predicted molar refractivity (Wildman–Crippen MR) is 89.3 cm³/mol. The molecule has 3 heterocycles. The zero-order valence-electron chi connectivity index (χ0n) is 13.6. The number of nitrogens with one attached hydrogen (secondary N) is 2. The van der Waals surface area contributed by atoms with Gasteiger partial charge in [-0.15, -0.1) is 0 Å². The van der Waals surface area contributed by atoms with E-state index in [2.05, 4.69) is 15.5 Å². The molecule has 2 aliphatic heterocycles. The van der Waals surface area contributed by atoms with Gasteiger partial charge in [-0.05, 0) is 19.3 Å². The number of nitrogens with zero attached hydrogens (tertiary/aromatic N) is 2. The van der Waals surface area contributed by atoms with Gasteiger partial charge in [0, 0.05) is 36.8 Å². The maximum Gasteiger partial charge on any atom is 0.258 e. The molecule has 2 amide bonds. The summed E-state index contributed by atoms with van der Waals surface area (Å²) in [5.74, 6) is 0.448. The number of hydrogen-bond donors (Lipinski definition) is 2. The first-order chi connectivity index (χ1) is 11.6. The Kier molecular flexibility index (Phi) is 3.59. The van der Waals surface area contributed by atoms with Gasteiger partial charge in [0.1, 0.15) is 5.69 Å². The number of carbonyl (C=O) groups excluding carboxylic acids is 2. The summed E-state index contributed by atoms with van der Waals surface area (Å²) in [7, 11) is 0. The van der Waals surface area contributed by atoms with Gasteiger partial charge in [0.05, 0.1) is 5.56 Å². The topological polar surface area (TPSA) is 78.1 Å². The molecule has 4 rings (SSSR count). The van der Waals surface area contributed by atoms with Gasteiger partial charge in [-0.25, -0.2) is 0 Å². The number of amides is 2. The van der Waals surface area contributed by atoms with Crippen molar-refractivity contribution >= 4 is 11.8 Å². The van der Waals surface area contributed by atoms with Gasteiger partial charge in [0.25, 0.3) is 5.91 Å². The van der Waals surface area contributed by atoms with Crippen molar-refractivity contribution in [3.63, 3.8) is 0 Å². The normalized spacial score (nSPS) is 23.0. The highest BCUT2D eigenvalue weighted by Crippen LogP contribution is 2.29. The van der Waals surface area contributed by atoms with E-state index in [9.17, 15) is 9.59 Å². The SMILES string of the molecule is Cc1[nH]nc(-c2ccccc2)c1C(=O)N1CC[C@@H]2CC(=O)N[C@@H]2C1. The van der Waals surface area contributed by atoms with Crippen LogP contribution in [-0.2, 0) is 4.79 Å². The zero-order valence-corrected chi connectivity index (χ0v) is 13.6. The van der Waals surface area contributed by atoms with Crippen molar-refractivity contribution in [1.29, 1.82) is 0 Å². The van der Waals surface area contributed by atoms with Crippen molar-refractivity contribution in [2.24, 2.45) is 5.92 Å². The lowest BCUT2D eigenvalue weighted by Gasteiger charge is -2.34. The number of piperidine rings is 1. The third kappa shape index (κ3) is 2.48. The van der Waals surface area contributed by atoms with Crippen molar-refractivity contribution in [2.75, 3.05) is 13.1 Å². The van der Waals surface area contributed by atoms with Gasteiger partial charge >= 0.3 is 0 Å². The second-order valence-corrected chi connectivity index (χ2v) is 6.62. The van der Waals surface area contributed by atoms with Crippen LogP contribution in [0.1, 0.15) is 28.9 Å². The van der Waals surface area contributed by atoms with E-state index in [1.54, 1.807) is 0 Å². The summed E-state index contributed by atoms with van der Waals surface area (Å²) in [4.78, 5) is 26.5. The standard InChI is InChI=1S/C18H20N4O2/c1-11-16(17(21-20-11)12-5-3-2-4-6-12)18(24)22-8-7-13-9-15(23)19-14(13)10-22/h2-6,13-14H,7-10H2,1H3,(H,19,23)(H,20,21)/t13-,14-/m1/s1. The summed E-state index contributed by atoms with van der Waals surface area (Å²) >= 11 is 0. The van der Waals surface area contributed by atoms with Crippen LogP contribution in [-0.4, -0.2) is 46.0 Å². The van der Waals surface area contributed by atoms with Gasteiger partial charge in [-0.1, -0.05) is 30.3 Å². The van der Waals surface area contributed by atoms with E-state index in [4.69, 9.17) is 0 Å². The van der Waals surface area contributed by atoms with Gasteiger partial charge in [0.15, 0.2) is 0 Å². The third-order valence-electron chi connectivity index (χ3n) is 5.05. The van der Waals surface area contributed by atoms with Crippen LogP contribution in [0.15, 0.2) is 30.3 Å². The molecule has 2 saturated heterocycles. The molecule has 2 aromatic rings. The largest absolute Gasteiger partial charge is 0.351 e. The summed E-state index contributed by atoms with van der Waals surface area (Å²) in [6.07, 6.45) is 1.46. The maximum absolute atomic E-state index is 13.1. The number of hydrogen-bond acceptors (Lipinski definition) is 3. The highest BCUT2D eigenvalue weighted by atomic mass is 16.2. The molecule has 124 valence electrons. The number of carbonyl (C=O) groups is 2. The number of aryl methyl sites for hydroxylation is 1. The molecule has 6 nitrogen and oxygen atoms in total. The summed E-state index contributed by atoms with van der Waals surface area (Å²) in [6, 6.07) is 9.81. The lowest BCUT2D eigenvalue weighted by Crippen LogP contribution is -2.49. The Hall–Kier alpha value is -2.63. The molecule has 24 heavy (non-hydrogen) atoms. The van der Waals surface area contributed by atoms with Gasteiger partial charge in [0.2, 0.25) is 5.91 Å². The molecule has 1 aromatic heterocycles. The molecular formula is C18H20N4O2. The quantitative estimate of drug-likeness (QED) is 0.883. The Bertz CT molecular complexity index is 784. The molecule has 2 fully saturated rings. The fraction of sp³-hybridized carbons (Fsp3) is 0.389. The average molecular weight is 324 g/mol. The van der Waals surface area contributed by atoms with E-state index in [-0.39, 0.29) is 17.9 Å². The Morgan fingerprint density at radius 2 is 2.08 bits per heavy atom. The second kappa shape index (κ2) is 5.78. The second-order valence-electron chi connectivity index (χ2n) is 6.62. The minimum atomic E-state index is -0.0142. The zero-order chi connectivity index (χ0) is 16.7. The summed E-state index contributed by atoms with van der Waals surface area (Å²) < 4.78 is 0. The third-order valence-corrected chi connectivity index (χ3v) is 5.05. The molecule has 0 radical (unpaired) electrons. The van der Waals surface area contributed by atoms with E-state index in [0.29, 0.717) is 36.7 Å². The lowest BCUT2D eigenvalue weighted by molar-refractivity contribution is -0.119. The summed E-state index contributed by atoms with van der Waals surface area (Å²) in [6.45, 7) is 3.14. The van der Waals surface area contributed by atoms with E-state index >= 15 is 0 Å². The molecule has 2 atom stereocenters. The van der Waals surface area contributed by atoms with E-state index in [1.165, 1.54) is 0 Å². The average Bonchev–Trinajstić information content (AvgIpc) is 3.16. The van der Waals surface area contributed by atoms with Gasteiger partial charge in [-0.3, -0.25) is 14.7 Å². The van der Waals surface area contributed by atoms with Crippen molar-refractivity contribution in [2.45, 2.75) is 25.8 Å². The number of likely N-dealkylation sites (tertiary alicyclic amines) is 1. The van der Waals surface area contributed by atoms with Crippen LogP contribution in [0.4, 0.5) is 0 Å². The Labute approximate surface area is 140 Å². The highest BCUT2D eigenvalue weighted by Gasteiger charge is 2.39. The van der Waals surface area contributed by atoms with E-state index in [0.717, 1.165) is 17.7 Å². The first-order valence-corrected chi connectivity index (χ1v) is 8.32. The van der Waals surface area contributed by atoms with Crippen molar-refractivity contribution in [1.82, 2.24) is 20.4 Å². The van der Waals surface area contributed by atoms with E-state index in [1.807, 2.05) is 42.2 Å². The minimum absolute atomic E-state index is 0.0142. The highest BCUT2D eigenvalue weighted by molar-refractivity contribution is 6.01. The number of fused-ring (bicyclic) bond motifs is 1. The molecular weight excluding hydrogens is 304 g/mol. The summed E-state index contributed by atoms with van der Waals surface area (Å²) in [5.41, 5.74) is 3.02. The predicted octanol–water partition coefficient (Wildman–Crippen LogP) is 1.74. The lowest BCUT2D eigenvalue weighted by atomic mass is 9.92. The van der Waals surface area contributed by atoms with Crippen molar-refractivity contribution in [3.05, 3.63) is 41.6 Å². The van der Waals surface area contributed by atoms with Crippen molar-refractivity contribution < 1.29 is 9.59 Å². The van der Waals surface area contributed by atoms with E-state index < -0.39 is 0 Å². The molecule has 2 N–H and O–H groups in total. The number of H-pyrrole nitrogens is 1. The molecule has 2 aliphatic rings. The van der Waals surface area contributed by atoms with Crippen molar-refractivity contribution in [3.8, 4) is 11.3 Å². The number of aromatic nitrogens is 2. The van der Waals surface area contributed by atoms with Crippen LogP contribution in [0.3, 0.4) is 0 Å². The fourth-order valence-electron chi connectivity index (χ4n) is 3.75. The fourth-order valence-corrected chi connectivity index (χ4v) is 3.75. The first-order valence-electron chi connectivity index (χ1n) is 8.32. The number of aromatic amines is 1. The van der Waals surface area contributed by atoms with Crippen LogP contribution in [0, 0.1) is 12.8 Å². The Morgan fingerprint density at radius 3 is 2.88 bits per heavy atom. The van der Waals surface area contributed by atoms with Crippen LogP contribution < -0.4 is 5.32 Å². The Morgan fingerprint density at radius 1 is 1.29 bits per heavy atom. The number of benzene rings is 1. The maximum atomic E-state index is 13.1. The smallest absolute Gasteiger partial charge is 0.258 e. The molecule has 0 bridgehead atoms. The van der Waals surface area contributed by atoms with Crippen LogP contribution in [0.25, 0.3) is 11.3 Å². The number of rotatable bonds is 2. The summed E-state index contributed by atoms with van der Waals surface area (Å²) in [5, 5.41) is 10.3. The van der Waals surface area contributed by atoms with Gasteiger partial charge in [-0.2, -0.15) is 5.10 Å². The van der Waals surface area contributed by atoms with Crippen LogP contribution >= 0.6 is 0 Å². The molecule has 0 aliphatic carbocycles. The molecule has 0 unspecified atom stereocenters.